The summed E-state index contributed by atoms with van der Waals surface area (Å²) in [7, 11) is 1.90. The van der Waals surface area contributed by atoms with Crippen molar-refractivity contribution >= 4 is 5.82 Å². The van der Waals surface area contributed by atoms with Crippen molar-refractivity contribution in [3.05, 3.63) is 17.6 Å². The second-order valence-electron chi connectivity index (χ2n) is 5.60. The molecule has 0 bridgehead atoms. The number of aryl methyl sites for hydroxylation is 1. The number of rotatable bonds is 4. The van der Waals surface area contributed by atoms with Crippen LogP contribution in [0.4, 0.5) is 5.82 Å². The monoisotopic (exact) mass is 261 g/mol. The number of nitrogens with one attached hydrogen (secondary N) is 1. The van der Waals surface area contributed by atoms with Gasteiger partial charge in [-0.05, 0) is 19.8 Å². The highest BCUT2D eigenvalue weighted by Gasteiger charge is 2.31. The van der Waals surface area contributed by atoms with Gasteiger partial charge in [-0.2, -0.15) is 0 Å². The summed E-state index contributed by atoms with van der Waals surface area (Å²) >= 11 is 0. The Kier molecular flexibility index (Phi) is 3.66. The maximum absolute atomic E-state index is 4.54. The Morgan fingerprint density at radius 1 is 1.21 bits per heavy atom. The van der Waals surface area contributed by atoms with Crippen LogP contribution in [0.1, 0.15) is 24.4 Å². The molecule has 1 saturated heterocycles. The predicted molar refractivity (Wildman–Crippen MR) is 76.2 cm³/mol. The number of aromatic nitrogens is 2. The molecular formula is C14H23N5. The Balaban J connectivity index is 1.57. The molecule has 1 N–H and O–H groups in total. The lowest BCUT2D eigenvalue weighted by molar-refractivity contribution is 0.119. The Bertz CT molecular complexity index is 435. The van der Waals surface area contributed by atoms with Gasteiger partial charge in [0.2, 0.25) is 0 Å². The zero-order valence-electron chi connectivity index (χ0n) is 11.9. The average Bonchev–Trinajstić information content (AvgIpc) is 3.23. The third-order valence-electron chi connectivity index (χ3n) is 3.99. The molecular weight excluding hydrogens is 238 g/mol. The molecule has 1 aliphatic heterocycles. The molecule has 1 aliphatic carbocycles. The van der Waals surface area contributed by atoms with E-state index in [2.05, 4.69) is 25.1 Å². The topological polar surface area (TPSA) is 44.3 Å². The van der Waals surface area contributed by atoms with Gasteiger partial charge < -0.3 is 5.32 Å². The molecule has 0 radical (unpaired) electrons. The highest BCUT2D eigenvalue weighted by Crippen LogP contribution is 2.27. The van der Waals surface area contributed by atoms with E-state index in [9.17, 15) is 0 Å². The SMILES string of the molecule is CNc1cc(C)nc(CN2CCN(C3CC3)CC2)n1. The van der Waals surface area contributed by atoms with E-state index in [0.29, 0.717) is 0 Å². The van der Waals surface area contributed by atoms with Gasteiger partial charge in [0.15, 0.2) is 0 Å². The number of hydrogen-bond donors (Lipinski definition) is 1. The van der Waals surface area contributed by atoms with Crippen LogP contribution in [0.15, 0.2) is 6.07 Å². The fourth-order valence-corrected chi connectivity index (χ4v) is 2.76. The first-order valence-corrected chi connectivity index (χ1v) is 7.23. The van der Waals surface area contributed by atoms with E-state index < -0.39 is 0 Å². The van der Waals surface area contributed by atoms with Gasteiger partial charge in [0.05, 0.1) is 6.54 Å². The van der Waals surface area contributed by atoms with E-state index in [4.69, 9.17) is 0 Å². The molecule has 3 rings (SSSR count). The van der Waals surface area contributed by atoms with E-state index in [1.165, 1.54) is 25.9 Å². The van der Waals surface area contributed by atoms with E-state index in [1.807, 2.05) is 20.0 Å². The van der Waals surface area contributed by atoms with Gasteiger partial charge in [-0.3, -0.25) is 9.80 Å². The van der Waals surface area contributed by atoms with Gasteiger partial charge in [0.1, 0.15) is 11.6 Å². The molecule has 1 aromatic rings. The second-order valence-corrected chi connectivity index (χ2v) is 5.60. The molecule has 1 saturated carbocycles. The van der Waals surface area contributed by atoms with Crippen molar-refractivity contribution in [3.8, 4) is 0 Å². The van der Waals surface area contributed by atoms with Crippen LogP contribution in [-0.4, -0.2) is 59.0 Å². The third kappa shape index (κ3) is 3.22. The van der Waals surface area contributed by atoms with Crippen molar-refractivity contribution in [2.75, 3.05) is 38.5 Å². The molecule has 2 aliphatic rings. The molecule has 19 heavy (non-hydrogen) atoms. The number of piperazine rings is 1. The molecule has 5 nitrogen and oxygen atoms in total. The number of anilines is 1. The Labute approximate surface area is 115 Å². The van der Waals surface area contributed by atoms with Crippen LogP contribution in [0.25, 0.3) is 0 Å². The van der Waals surface area contributed by atoms with Gasteiger partial charge in [-0.25, -0.2) is 9.97 Å². The van der Waals surface area contributed by atoms with E-state index in [1.54, 1.807) is 0 Å². The van der Waals surface area contributed by atoms with Crippen molar-refractivity contribution in [3.63, 3.8) is 0 Å². The highest BCUT2D eigenvalue weighted by atomic mass is 15.3. The van der Waals surface area contributed by atoms with E-state index in [-0.39, 0.29) is 0 Å². The molecule has 2 fully saturated rings. The van der Waals surface area contributed by atoms with Crippen molar-refractivity contribution < 1.29 is 0 Å². The largest absolute Gasteiger partial charge is 0.373 e. The lowest BCUT2D eigenvalue weighted by Gasteiger charge is -2.34. The molecule has 1 aromatic heterocycles. The van der Waals surface area contributed by atoms with Crippen molar-refractivity contribution in [1.82, 2.24) is 19.8 Å². The lowest BCUT2D eigenvalue weighted by atomic mass is 10.3. The lowest BCUT2D eigenvalue weighted by Crippen LogP contribution is -2.46. The molecule has 0 aromatic carbocycles. The Hall–Kier alpha value is -1.20. The maximum Gasteiger partial charge on any atom is 0.144 e. The third-order valence-corrected chi connectivity index (χ3v) is 3.99. The standard InChI is InChI=1S/C14H23N5/c1-11-9-13(15-2)17-14(16-11)10-18-5-7-19(8-6-18)12-3-4-12/h9,12H,3-8,10H2,1-2H3,(H,15,16,17). The molecule has 104 valence electrons. The minimum atomic E-state index is 0.870. The molecule has 2 heterocycles. The van der Waals surface area contributed by atoms with Gasteiger partial charge in [-0.1, -0.05) is 0 Å². The van der Waals surface area contributed by atoms with E-state index in [0.717, 1.165) is 43.0 Å². The summed E-state index contributed by atoms with van der Waals surface area (Å²) in [5.74, 6) is 1.85. The summed E-state index contributed by atoms with van der Waals surface area (Å²) in [6.07, 6.45) is 2.82. The smallest absolute Gasteiger partial charge is 0.144 e. The first-order chi connectivity index (χ1) is 9.24. The second kappa shape index (κ2) is 5.43. The van der Waals surface area contributed by atoms with Crippen molar-refractivity contribution in [2.24, 2.45) is 0 Å². The fourth-order valence-electron chi connectivity index (χ4n) is 2.76. The minimum Gasteiger partial charge on any atom is -0.373 e. The summed E-state index contributed by atoms with van der Waals surface area (Å²) in [6.45, 7) is 7.59. The van der Waals surface area contributed by atoms with Gasteiger partial charge in [0, 0.05) is 51.0 Å². The van der Waals surface area contributed by atoms with Crippen molar-refractivity contribution in [2.45, 2.75) is 32.4 Å². The predicted octanol–water partition coefficient (Wildman–Crippen LogP) is 1.11. The van der Waals surface area contributed by atoms with Crippen LogP contribution in [0.3, 0.4) is 0 Å². The summed E-state index contributed by atoms with van der Waals surface area (Å²) < 4.78 is 0. The normalized spacial score (nSPS) is 21.6. The molecule has 0 atom stereocenters. The maximum atomic E-state index is 4.54. The first-order valence-electron chi connectivity index (χ1n) is 7.23. The van der Waals surface area contributed by atoms with Crippen LogP contribution in [0, 0.1) is 6.92 Å². The van der Waals surface area contributed by atoms with Crippen LogP contribution in [0.5, 0.6) is 0 Å². The van der Waals surface area contributed by atoms with Crippen LogP contribution in [-0.2, 0) is 6.54 Å². The summed E-state index contributed by atoms with van der Waals surface area (Å²) in [6, 6.07) is 2.88. The summed E-state index contributed by atoms with van der Waals surface area (Å²) in [4.78, 5) is 14.2. The Morgan fingerprint density at radius 3 is 2.58 bits per heavy atom. The molecule has 0 amide bonds. The van der Waals surface area contributed by atoms with Gasteiger partial charge in [0.25, 0.3) is 0 Å². The highest BCUT2D eigenvalue weighted by molar-refractivity contribution is 5.34. The Morgan fingerprint density at radius 2 is 1.95 bits per heavy atom. The van der Waals surface area contributed by atoms with Gasteiger partial charge >= 0.3 is 0 Å². The quantitative estimate of drug-likeness (QED) is 0.879. The number of nitrogens with zero attached hydrogens (tertiary/aromatic N) is 4. The van der Waals surface area contributed by atoms with Crippen molar-refractivity contribution in [1.29, 1.82) is 0 Å². The number of hydrogen-bond acceptors (Lipinski definition) is 5. The van der Waals surface area contributed by atoms with Gasteiger partial charge in [-0.15, -0.1) is 0 Å². The molecule has 0 unspecified atom stereocenters. The van der Waals surface area contributed by atoms with Crippen LogP contribution >= 0.6 is 0 Å². The van der Waals surface area contributed by atoms with Crippen LogP contribution < -0.4 is 5.32 Å². The zero-order chi connectivity index (χ0) is 13.2. The molecule has 0 spiro atoms. The summed E-state index contributed by atoms with van der Waals surface area (Å²) in [5.41, 5.74) is 1.03. The molecule has 5 heteroatoms. The first kappa shape index (κ1) is 12.8. The van der Waals surface area contributed by atoms with E-state index >= 15 is 0 Å². The minimum absolute atomic E-state index is 0.870. The fraction of sp³-hybridized carbons (Fsp3) is 0.714. The average molecular weight is 261 g/mol. The zero-order valence-corrected chi connectivity index (χ0v) is 11.9. The summed E-state index contributed by atoms with van der Waals surface area (Å²) in [5, 5.41) is 3.10. The van der Waals surface area contributed by atoms with Crippen LogP contribution in [0.2, 0.25) is 0 Å².